The highest BCUT2D eigenvalue weighted by Gasteiger charge is 2.12. The van der Waals surface area contributed by atoms with Gasteiger partial charge in [-0.15, -0.1) is 0 Å². The Morgan fingerprint density at radius 2 is 1.48 bits per heavy atom. The molecule has 2 rings (SSSR count). The van der Waals surface area contributed by atoms with Gasteiger partial charge in [-0.1, -0.05) is 40.3 Å². The van der Waals surface area contributed by atoms with Crippen molar-refractivity contribution in [2.75, 3.05) is 5.32 Å². The van der Waals surface area contributed by atoms with Crippen LogP contribution in [0.5, 0.6) is 0 Å². The number of hydrogen-bond donors (Lipinski definition) is 2. The van der Waals surface area contributed by atoms with Crippen molar-refractivity contribution in [3.8, 4) is 0 Å². The largest absolute Gasteiger partial charge is 0.389 e. The van der Waals surface area contributed by atoms with Gasteiger partial charge in [0.1, 0.15) is 4.99 Å². The summed E-state index contributed by atoms with van der Waals surface area (Å²) in [7, 11) is 0. The molecule has 0 saturated heterocycles. The zero-order valence-corrected chi connectivity index (χ0v) is 16.1. The summed E-state index contributed by atoms with van der Waals surface area (Å²) in [6, 6.07) is 10.5. The third kappa shape index (κ3) is 4.12. The van der Waals surface area contributed by atoms with Crippen molar-refractivity contribution in [1.29, 1.82) is 0 Å². The normalized spacial score (nSPS) is 10.2. The van der Waals surface area contributed by atoms with E-state index in [9.17, 15) is 4.79 Å². The summed E-state index contributed by atoms with van der Waals surface area (Å²) in [6.45, 7) is 0. The molecule has 0 bridgehead atoms. The van der Waals surface area contributed by atoms with Crippen LogP contribution in [0.3, 0.4) is 0 Å². The van der Waals surface area contributed by atoms with Gasteiger partial charge < -0.3 is 11.1 Å². The summed E-state index contributed by atoms with van der Waals surface area (Å²) in [4.78, 5) is 12.6. The highest BCUT2D eigenvalue weighted by Crippen LogP contribution is 2.34. The summed E-state index contributed by atoms with van der Waals surface area (Å²) in [5.74, 6) is -0.215. The predicted octanol–water partition coefficient (Wildman–Crippen LogP) is 4.86. The molecule has 0 spiro atoms. The van der Waals surface area contributed by atoms with Gasteiger partial charge in [-0.05, 0) is 56.1 Å². The Morgan fingerprint density at radius 1 is 1.00 bits per heavy atom. The maximum atomic E-state index is 12.3. The van der Waals surface area contributed by atoms with Gasteiger partial charge in [0.25, 0.3) is 5.91 Å². The lowest BCUT2D eigenvalue weighted by Gasteiger charge is -2.10. The monoisotopic (exact) mass is 490 g/mol. The first-order valence-corrected chi connectivity index (χ1v) is 8.53. The third-order valence-corrected chi connectivity index (χ3v) is 4.62. The van der Waals surface area contributed by atoms with Crippen molar-refractivity contribution in [2.24, 2.45) is 5.73 Å². The van der Waals surface area contributed by atoms with Crippen molar-refractivity contribution in [3.05, 3.63) is 60.9 Å². The molecule has 2 aromatic carbocycles. The first kappa shape index (κ1) is 16.6. The van der Waals surface area contributed by atoms with Gasteiger partial charge in [-0.25, -0.2) is 0 Å². The van der Waals surface area contributed by atoms with Crippen molar-refractivity contribution < 1.29 is 4.79 Å². The number of nitrogens with two attached hydrogens (primary N) is 1. The Morgan fingerprint density at radius 3 is 1.95 bits per heavy atom. The van der Waals surface area contributed by atoms with E-state index in [1.807, 2.05) is 12.1 Å². The van der Waals surface area contributed by atoms with E-state index in [1.54, 1.807) is 24.3 Å². The molecule has 7 heteroatoms. The molecule has 0 heterocycles. The Labute approximate surface area is 152 Å². The van der Waals surface area contributed by atoms with E-state index in [2.05, 4.69) is 53.1 Å². The number of halogens is 3. The maximum Gasteiger partial charge on any atom is 0.255 e. The van der Waals surface area contributed by atoms with Gasteiger partial charge >= 0.3 is 0 Å². The summed E-state index contributed by atoms with van der Waals surface area (Å²) < 4.78 is 2.45. The van der Waals surface area contributed by atoms with Crippen LogP contribution in [0.1, 0.15) is 15.9 Å². The number of amides is 1. The van der Waals surface area contributed by atoms with Crippen LogP contribution in [-0.4, -0.2) is 10.9 Å². The van der Waals surface area contributed by atoms with Gasteiger partial charge in [0.05, 0.1) is 5.69 Å². The molecule has 0 saturated carbocycles. The maximum absolute atomic E-state index is 12.3. The van der Waals surface area contributed by atoms with Gasteiger partial charge in [0.2, 0.25) is 0 Å². The van der Waals surface area contributed by atoms with Crippen LogP contribution in [0, 0.1) is 0 Å². The molecule has 2 aromatic rings. The molecule has 0 aliphatic carbocycles. The minimum Gasteiger partial charge on any atom is -0.389 e. The van der Waals surface area contributed by atoms with E-state index < -0.39 is 0 Å². The highest BCUT2D eigenvalue weighted by molar-refractivity contribution is 9.11. The number of nitrogens with one attached hydrogen (secondary N) is 1. The Hall–Kier alpha value is -0.760. The van der Waals surface area contributed by atoms with Crippen LogP contribution in [0.15, 0.2) is 49.8 Å². The Kier molecular flexibility index (Phi) is 5.54. The topological polar surface area (TPSA) is 55.1 Å². The molecule has 0 unspecified atom stereocenters. The van der Waals surface area contributed by atoms with E-state index in [0.717, 1.165) is 19.0 Å². The average Bonchev–Trinajstić information content (AvgIpc) is 2.42. The molecule has 1 amide bonds. The molecule has 21 heavy (non-hydrogen) atoms. The average molecular weight is 493 g/mol. The lowest BCUT2D eigenvalue weighted by atomic mass is 10.1. The van der Waals surface area contributed by atoms with E-state index in [4.69, 9.17) is 18.0 Å². The standard InChI is InChI=1S/C14H9Br3N2OS/c15-9-5-10(16)12(11(17)6-9)19-14(20)8-3-1-7(2-4-8)13(18)21/h1-6H,(H2,18,21)(H,19,20). The van der Waals surface area contributed by atoms with Crippen molar-refractivity contribution >= 4 is 76.6 Å². The number of rotatable bonds is 3. The lowest BCUT2D eigenvalue weighted by Crippen LogP contribution is -2.14. The van der Waals surface area contributed by atoms with Crippen molar-refractivity contribution in [3.63, 3.8) is 0 Å². The molecule has 0 aromatic heterocycles. The van der Waals surface area contributed by atoms with E-state index in [-0.39, 0.29) is 5.91 Å². The second kappa shape index (κ2) is 7.00. The summed E-state index contributed by atoms with van der Waals surface area (Å²) in [6.07, 6.45) is 0. The fraction of sp³-hybridized carbons (Fsp3) is 0. The molecule has 0 atom stereocenters. The van der Waals surface area contributed by atoms with Crippen molar-refractivity contribution in [2.45, 2.75) is 0 Å². The SMILES string of the molecule is NC(=S)c1ccc(C(=O)Nc2c(Br)cc(Br)cc2Br)cc1. The first-order chi connectivity index (χ1) is 9.88. The molecule has 0 aliphatic rings. The minimum atomic E-state index is -0.215. The number of benzene rings is 2. The smallest absolute Gasteiger partial charge is 0.255 e. The van der Waals surface area contributed by atoms with E-state index in [0.29, 0.717) is 16.2 Å². The molecular formula is C14H9Br3N2OS. The van der Waals surface area contributed by atoms with Crippen LogP contribution in [0.25, 0.3) is 0 Å². The zero-order chi connectivity index (χ0) is 15.6. The quantitative estimate of drug-likeness (QED) is 0.602. The molecular weight excluding hydrogens is 484 g/mol. The first-order valence-electron chi connectivity index (χ1n) is 5.74. The number of anilines is 1. The highest BCUT2D eigenvalue weighted by atomic mass is 79.9. The second-order valence-corrected chi connectivity index (χ2v) is 7.20. The number of carbonyl (C=O) groups is 1. The summed E-state index contributed by atoms with van der Waals surface area (Å²) in [5, 5.41) is 2.85. The van der Waals surface area contributed by atoms with Crippen LogP contribution in [0.2, 0.25) is 0 Å². The van der Waals surface area contributed by atoms with Gasteiger partial charge in [-0.3, -0.25) is 4.79 Å². The Bertz CT molecular complexity index is 694. The van der Waals surface area contributed by atoms with Crippen LogP contribution < -0.4 is 11.1 Å². The number of thiocarbonyl (C=S) groups is 1. The van der Waals surface area contributed by atoms with Crippen LogP contribution in [-0.2, 0) is 0 Å². The van der Waals surface area contributed by atoms with Crippen LogP contribution in [0.4, 0.5) is 5.69 Å². The fourth-order valence-electron chi connectivity index (χ4n) is 1.63. The predicted molar refractivity (Wildman–Crippen MR) is 99.8 cm³/mol. The third-order valence-electron chi connectivity index (χ3n) is 2.68. The fourth-order valence-corrected chi connectivity index (χ4v) is 4.23. The molecule has 3 N–H and O–H groups in total. The van der Waals surface area contributed by atoms with Crippen LogP contribution >= 0.6 is 60.0 Å². The number of carbonyl (C=O) groups excluding carboxylic acids is 1. The minimum absolute atomic E-state index is 0.215. The van der Waals surface area contributed by atoms with E-state index >= 15 is 0 Å². The van der Waals surface area contributed by atoms with Crippen molar-refractivity contribution in [1.82, 2.24) is 0 Å². The summed E-state index contributed by atoms with van der Waals surface area (Å²) in [5.41, 5.74) is 7.45. The molecule has 0 radical (unpaired) electrons. The van der Waals surface area contributed by atoms with Gasteiger partial charge in [-0.2, -0.15) is 0 Å². The van der Waals surface area contributed by atoms with Gasteiger partial charge in [0, 0.05) is 24.5 Å². The second-order valence-electron chi connectivity index (χ2n) is 4.14. The molecule has 0 aliphatic heterocycles. The Balaban J connectivity index is 2.24. The molecule has 108 valence electrons. The molecule has 0 fully saturated rings. The lowest BCUT2D eigenvalue weighted by molar-refractivity contribution is 0.102. The van der Waals surface area contributed by atoms with E-state index in [1.165, 1.54) is 0 Å². The van der Waals surface area contributed by atoms with Gasteiger partial charge in [0.15, 0.2) is 0 Å². The molecule has 3 nitrogen and oxygen atoms in total. The summed E-state index contributed by atoms with van der Waals surface area (Å²) >= 11 is 15.1. The number of hydrogen-bond acceptors (Lipinski definition) is 2. The zero-order valence-electron chi connectivity index (χ0n) is 10.5.